The van der Waals surface area contributed by atoms with E-state index in [1.807, 2.05) is 33.8 Å². The minimum Gasteiger partial charge on any atom is -0.449 e. The van der Waals surface area contributed by atoms with Crippen LogP contribution in [0.5, 0.6) is 0 Å². The number of carbonyl (C=O) groups is 2. The van der Waals surface area contributed by atoms with Crippen molar-refractivity contribution in [3.8, 4) is 6.07 Å². The Morgan fingerprint density at radius 3 is 2.08 bits per heavy atom. The Kier molecular flexibility index (Phi) is 7.19. The van der Waals surface area contributed by atoms with Gasteiger partial charge in [-0.15, -0.1) is 0 Å². The summed E-state index contributed by atoms with van der Waals surface area (Å²) >= 11 is 0. The average molecular weight is 328 g/mol. The van der Waals surface area contributed by atoms with Crippen molar-refractivity contribution in [3.63, 3.8) is 0 Å². The number of nitriles is 1. The maximum atomic E-state index is 12.4. The molecule has 0 N–H and O–H groups in total. The van der Waals surface area contributed by atoms with E-state index < -0.39 is 12.1 Å². The molecule has 1 rings (SSSR count). The zero-order valence-electron chi connectivity index (χ0n) is 14.8. The van der Waals surface area contributed by atoms with Gasteiger partial charge in [-0.2, -0.15) is 5.26 Å². The summed E-state index contributed by atoms with van der Waals surface area (Å²) in [4.78, 5) is 26.0. The summed E-state index contributed by atoms with van der Waals surface area (Å²) in [6.45, 7) is 9.29. The first-order valence-corrected chi connectivity index (χ1v) is 7.97. The van der Waals surface area contributed by atoms with E-state index in [-0.39, 0.29) is 18.0 Å². The van der Waals surface area contributed by atoms with Gasteiger partial charge < -0.3 is 9.64 Å². The number of amides is 1. The Morgan fingerprint density at radius 1 is 1.08 bits per heavy atom. The van der Waals surface area contributed by atoms with Crippen molar-refractivity contribution in [1.82, 2.24) is 4.90 Å². The summed E-state index contributed by atoms with van der Waals surface area (Å²) < 4.78 is 5.19. The number of ether oxygens (including phenoxy) is 1. The van der Waals surface area contributed by atoms with Gasteiger partial charge in [0.05, 0.1) is 11.6 Å². The van der Waals surface area contributed by atoms with Crippen LogP contribution in [0.4, 0.5) is 0 Å². The van der Waals surface area contributed by atoms with Crippen LogP contribution >= 0.6 is 0 Å². The zero-order chi connectivity index (χ0) is 18.3. The molecule has 1 aromatic carbocycles. The molecule has 0 radical (unpaired) electrons. The normalized spacial score (nSPS) is 12.2. The van der Waals surface area contributed by atoms with Crippen LogP contribution < -0.4 is 0 Å². The minimum absolute atomic E-state index is 0.0350. The molecule has 0 bridgehead atoms. The lowest BCUT2D eigenvalue weighted by atomic mass is 10.1. The van der Waals surface area contributed by atoms with Crippen molar-refractivity contribution in [3.05, 3.63) is 41.5 Å². The van der Waals surface area contributed by atoms with Crippen molar-refractivity contribution in [2.75, 3.05) is 0 Å². The van der Waals surface area contributed by atoms with Gasteiger partial charge in [-0.3, -0.25) is 4.79 Å². The van der Waals surface area contributed by atoms with Crippen LogP contribution in [0, 0.1) is 11.3 Å². The summed E-state index contributed by atoms with van der Waals surface area (Å²) in [5.74, 6) is -0.784. The third-order valence-electron chi connectivity index (χ3n) is 3.46. The molecule has 0 aliphatic rings. The number of rotatable bonds is 6. The monoisotopic (exact) mass is 328 g/mol. The van der Waals surface area contributed by atoms with E-state index in [4.69, 9.17) is 10.00 Å². The van der Waals surface area contributed by atoms with Crippen LogP contribution in [0.15, 0.2) is 30.3 Å². The number of hydrogen-bond donors (Lipinski definition) is 0. The molecule has 1 aromatic rings. The summed E-state index contributed by atoms with van der Waals surface area (Å²) in [5.41, 5.74) is 1.33. The highest BCUT2D eigenvalue weighted by Gasteiger charge is 2.27. The first kappa shape index (κ1) is 19.4. The highest BCUT2D eigenvalue weighted by molar-refractivity contribution is 5.90. The molecular weight excluding hydrogens is 304 g/mol. The molecule has 1 amide bonds. The van der Waals surface area contributed by atoms with E-state index in [1.165, 1.54) is 6.08 Å². The molecule has 1 atom stereocenters. The lowest BCUT2D eigenvalue weighted by molar-refractivity contribution is -0.157. The van der Waals surface area contributed by atoms with Gasteiger partial charge >= 0.3 is 5.97 Å². The van der Waals surface area contributed by atoms with Crippen LogP contribution in [-0.2, 0) is 14.3 Å². The zero-order valence-corrected chi connectivity index (χ0v) is 14.8. The molecule has 5 heteroatoms. The van der Waals surface area contributed by atoms with Crippen molar-refractivity contribution in [2.45, 2.75) is 52.8 Å². The standard InChI is InChI=1S/C19H24N2O3/c1-13(2)21(14(3)4)19(23)15(5)24-18(22)11-10-16-6-8-17(12-20)9-7-16/h6-11,13-15H,1-5H3/b11-10+/t15-/m1/s1. The van der Waals surface area contributed by atoms with Crippen LogP contribution in [0.25, 0.3) is 6.08 Å². The van der Waals surface area contributed by atoms with E-state index >= 15 is 0 Å². The lowest BCUT2D eigenvalue weighted by Gasteiger charge is -2.32. The van der Waals surface area contributed by atoms with Gasteiger partial charge in [-0.05, 0) is 58.4 Å². The van der Waals surface area contributed by atoms with Crippen LogP contribution in [-0.4, -0.2) is 35.0 Å². The molecule has 5 nitrogen and oxygen atoms in total. The molecule has 0 spiro atoms. The van der Waals surface area contributed by atoms with Crippen LogP contribution in [0.2, 0.25) is 0 Å². The number of esters is 1. The fourth-order valence-corrected chi connectivity index (χ4v) is 2.41. The predicted octanol–water partition coefficient (Wildman–Crippen LogP) is 3.15. The minimum atomic E-state index is -0.840. The first-order chi connectivity index (χ1) is 11.3. The maximum absolute atomic E-state index is 12.4. The largest absolute Gasteiger partial charge is 0.449 e. The quantitative estimate of drug-likeness (QED) is 0.594. The van der Waals surface area contributed by atoms with Gasteiger partial charge in [0.1, 0.15) is 0 Å². The Hall–Kier alpha value is -2.61. The molecule has 0 aliphatic heterocycles. The molecule has 0 aliphatic carbocycles. The second-order valence-electron chi connectivity index (χ2n) is 6.08. The van der Waals surface area contributed by atoms with Gasteiger partial charge in [-0.1, -0.05) is 12.1 Å². The van der Waals surface area contributed by atoms with E-state index in [0.717, 1.165) is 5.56 Å². The van der Waals surface area contributed by atoms with Gasteiger partial charge in [-0.25, -0.2) is 4.79 Å². The molecule has 0 unspecified atom stereocenters. The average Bonchev–Trinajstić information content (AvgIpc) is 2.52. The predicted molar refractivity (Wildman–Crippen MR) is 92.9 cm³/mol. The fourth-order valence-electron chi connectivity index (χ4n) is 2.41. The molecule has 0 heterocycles. The van der Waals surface area contributed by atoms with Crippen LogP contribution in [0.3, 0.4) is 0 Å². The Morgan fingerprint density at radius 2 is 1.62 bits per heavy atom. The molecule has 0 saturated heterocycles. The Bertz CT molecular complexity index is 632. The van der Waals surface area contributed by atoms with E-state index in [1.54, 1.807) is 42.2 Å². The van der Waals surface area contributed by atoms with Crippen molar-refractivity contribution in [1.29, 1.82) is 5.26 Å². The van der Waals surface area contributed by atoms with E-state index in [2.05, 4.69) is 0 Å². The first-order valence-electron chi connectivity index (χ1n) is 7.97. The van der Waals surface area contributed by atoms with E-state index in [0.29, 0.717) is 5.56 Å². The summed E-state index contributed by atoms with van der Waals surface area (Å²) in [6, 6.07) is 8.90. The number of hydrogen-bond acceptors (Lipinski definition) is 4. The summed E-state index contributed by atoms with van der Waals surface area (Å²) in [5, 5.41) is 8.74. The fraction of sp³-hybridized carbons (Fsp3) is 0.421. The summed E-state index contributed by atoms with van der Waals surface area (Å²) in [7, 11) is 0. The number of nitrogens with zero attached hydrogens (tertiary/aromatic N) is 2. The van der Waals surface area contributed by atoms with E-state index in [9.17, 15) is 9.59 Å². The van der Waals surface area contributed by atoms with Crippen molar-refractivity contribution in [2.24, 2.45) is 0 Å². The van der Waals surface area contributed by atoms with Crippen LogP contribution in [0.1, 0.15) is 45.7 Å². The highest BCUT2D eigenvalue weighted by Crippen LogP contribution is 2.10. The van der Waals surface area contributed by atoms with Gasteiger partial charge in [0, 0.05) is 18.2 Å². The molecule has 24 heavy (non-hydrogen) atoms. The van der Waals surface area contributed by atoms with Gasteiger partial charge in [0.25, 0.3) is 5.91 Å². The Balaban J connectivity index is 2.67. The second-order valence-corrected chi connectivity index (χ2v) is 6.08. The lowest BCUT2D eigenvalue weighted by Crippen LogP contribution is -2.47. The molecule has 0 saturated carbocycles. The third-order valence-corrected chi connectivity index (χ3v) is 3.46. The molecule has 0 fully saturated rings. The SMILES string of the molecule is CC(C)N(C(=O)[C@@H](C)OC(=O)/C=C/c1ccc(C#N)cc1)C(C)C. The third kappa shape index (κ3) is 5.54. The second kappa shape index (κ2) is 8.88. The van der Waals surface area contributed by atoms with Crippen molar-refractivity contribution >= 4 is 18.0 Å². The molecule has 0 aromatic heterocycles. The molecular formula is C19H24N2O3. The Labute approximate surface area is 143 Å². The number of benzene rings is 1. The highest BCUT2D eigenvalue weighted by atomic mass is 16.5. The molecule has 128 valence electrons. The van der Waals surface area contributed by atoms with Gasteiger partial charge in [0.2, 0.25) is 0 Å². The smallest absolute Gasteiger partial charge is 0.331 e. The summed E-state index contributed by atoms with van der Waals surface area (Å²) in [6.07, 6.45) is 2.02. The van der Waals surface area contributed by atoms with Crippen molar-refractivity contribution < 1.29 is 14.3 Å². The topological polar surface area (TPSA) is 70.4 Å². The number of carbonyl (C=O) groups excluding carboxylic acids is 2. The maximum Gasteiger partial charge on any atom is 0.331 e. The van der Waals surface area contributed by atoms with Gasteiger partial charge in [0.15, 0.2) is 6.10 Å².